The Balaban J connectivity index is 1.96. The van der Waals surface area contributed by atoms with Crippen molar-refractivity contribution in [1.29, 1.82) is 0 Å². The first kappa shape index (κ1) is 20.1. The van der Waals surface area contributed by atoms with Crippen LogP contribution in [0.15, 0.2) is 35.6 Å². The van der Waals surface area contributed by atoms with Crippen LogP contribution >= 0.6 is 23.4 Å². The number of hydrogen-bond donors (Lipinski definition) is 0. The molecule has 0 radical (unpaired) electrons. The molecule has 27 heavy (non-hydrogen) atoms. The van der Waals surface area contributed by atoms with Gasteiger partial charge in [0.1, 0.15) is 0 Å². The highest BCUT2D eigenvalue weighted by Crippen LogP contribution is 2.25. The number of thioether (sulfide) groups is 1. The summed E-state index contributed by atoms with van der Waals surface area (Å²) in [4.78, 5) is 23.1. The van der Waals surface area contributed by atoms with Gasteiger partial charge in [0.15, 0.2) is 20.7 Å². The van der Waals surface area contributed by atoms with Crippen molar-refractivity contribution < 1.29 is 13.2 Å². The fraction of sp³-hybridized carbons (Fsp3) is 0.389. The number of amides is 1. The second kappa shape index (κ2) is 8.16. The SMILES string of the molecule is CSc1ncc(Cl)c(C(=O)N(Cc2ccc(C)cc2)[C@@H]2CCS(=O)(=O)C2)n1. The Morgan fingerprint density at radius 3 is 2.63 bits per heavy atom. The van der Waals surface area contributed by atoms with Crippen LogP contribution in [0.2, 0.25) is 5.02 Å². The summed E-state index contributed by atoms with van der Waals surface area (Å²) in [5, 5.41) is 0.602. The summed E-state index contributed by atoms with van der Waals surface area (Å²) < 4.78 is 24.0. The molecule has 9 heteroatoms. The van der Waals surface area contributed by atoms with Crippen LogP contribution in [0.4, 0.5) is 0 Å². The topological polar surface area (TPSA) is 80.2 Å². The van der Waals surface area contributed by atoms with E-state index in [1.165, 1.54) is 18.0 Å². The number of rotatable bonds is 5. The Kier molecular flexibility index (Phi) is 6.08. The summed E-state index contributed by atoms with van der Waals surface area (Å²) in [5.41, 5.74) is 2.14. The number of aryl methyl sites for hydroxylation is 1. The molecule has 1 aromatic heterocycles. The zero-order chi connectivity index (χ0) is 19.6. The van der Waals surface area contributed by atoms with Gasteiger partial charge in [0.25, 0.3) is 5.91 Å². The average Bonchev–Trinajstić information content (AvgIpc) is 3.00. The van der Waals surface area contributed by atoms with E-state index in [0.717, 1.165) is 11.1 Å². The van der Waals surface area contributed by atoms with Gasteiger partial charge in [-0.25, -0.2) is 18.4 Å². The van der Waals surface area contributed by atoms with Crippen LogP contribution < -0.4 is 0 Å². The van der Waals surface area contributed by atoms with E-state index in [0.29, 0.717) is 18.1 Å². The second-order valence-corrected chi connectivity index (χ2v) is 9.94. The molecule has 1 saturated heterocycles. The number of hydrogen-bond acceptors (Lipinski definition) is 6. The maximum atomic E-state index is 13.3. The molecule has 6 nitrogen and oxygen atoms in total. The van der Waals surface area contributed by atoms with Crippen LogP contribution in [0.1, 0.15) is 28.0 Å². The maximum Gasteiger partial charge on any atom is 0.274 e. The number of carbonyl (C=O) groups is 1. The van der Waals surface area contributed by atoms with Gasteiger partial charge in [0, 0.05) is 12.6 Å². The second-order valence-electron chi connectivity index (χ2n) is 6.53. The van der Waals surface area contributed by atoms with Crippen molar-refractivity contribution in [2.75, 3.05) is 17.8 Å². The smallest absolute Gasteiger partial charge is 0.274 e. The van der Waals surface area contributed by atoms with Crippen molar-refractivity contribution in [2.45, 2.75) is 31.1 Å². The first-order valence-electron chi connectivity index (χ1n) is 8.42. The highest BCUT2D eigenvalue weighted by molar-refractivity contribution is 7.98. The molecule has 0 N–H and O–H groups in total. The molecule has 0 aliphatic carbocycles. The Hall–Kier alpha value is -1.64. The fourth-order valence-electron chi connectivity index (χ4n) is 3.01. The fourth-order valence-corrected chi connectivity index (χ4v) is 5.26. The Morgan fingerprint density at radius 2 is 2.04 bits per heavy atom. The molecule has 0 spiro atoms. The normalized spacial score (nSPS) is 18.4. The van der Waals surface area contributed by atoms with E-state index in [4.69, 9.17) is 11.6 Å². The van der Waals surface area contributed by atoms with Gasteiger partial charge < -0.3 is 4.90 Å². The van der Waals surface area contributed by atoms with E-state index in [-0.39, 0.29) is 28.1 Å². The van der Waals surface area contributed by atoms with Gasteiger partial charge in [-0.1, -0.05) is 53.2 Å². The third-order valence-electron chi connectivity index (χ3n) is 4.49. The molecule has 2 aromatic rings. The lowest BCUT2D eigenvalue weighted by atomic mass is 10.1. The zero-order valence-corrected chi connectivity index (χ0v) is 17.4. The molecular weight excluding hydrogens is 406 g/mol. The summed E-state index contributed by atoms with van der Waals surface area (Å²) in [5.74, 6) is -0.327. The van der Waals surface area contributed by atoms with E-state index >= 15 is 0 Å². The molecule has 2 heterocycles. The largest absolute Gasteiger partial charge is 0.329 e. The molecule has 0 bridgehead atoms. The predicted octanol–water partition coefficient (Wildman–Crippen LogP) is 2.99. The third-order valence-corrected chi connectivity index (χ3v) is 7.08. The first-order valence-corrected chi connectivity index (χ1v) is 11.8. The van der Waals surface area contributed by atoms with Gasteiger partial charge in [-0.2, -0.15) is 0 Å². The first-order chi connectivity index (χ1) is 12.8. The number of carbonyl (C=O) groups excluding carboxylic acids is 1. The molecule has 1 aliphatic heterocycles. The van der Waals surface area contributed by atoms with Gasteiger partial charge >= 0.3 is 0 Å². The molecule has 1 amide bonds. The van der Waals surface area contributed by atoms with Crippen molar-refractivity contribution >= 4 is 39.1 Å². The lowest BCUT2D eigenvalue weighted by Crippen LogP contribution is -2.41. The number of halogens is 1. The van der Waals surface area contributed by atoms with Crippen molar-refractivity contribution in [3.8, 4) is 0 Å². The summed E-state index contributed by atoms with van der Waals surface area (Å²) in [6.45, 7) is 2.29. The van der Waals surface area contributed by atoms with Gasteiger partial charge in [-0.15, -0.1) is 0 Å². The van der Waals surface area contributed by atoms with Crippen LogP contribution in [0.25, 0.3) is 0 Å². The number of benzene rings is 1. The van der Waals surface area contributed by atoms with E-state index in [2.05, 4.69) is 9.97 Å². The molecule has 1 atom stereocenters. The van der Waals surface area contributed by atoms with Crippen molar-refractivity contribution in [1.82, 2.24) is 14.9 Å². The number of sulfone groups is 1. The molecule has 1 aromatic carbocycles. The summed E-state index contributed by atoms with van der Waals surface area (Å²) >= 11 is 7.49. The van der Waals surface area contributed by atoms with Gasteiger partial charge in [0.2, 0.25) is 0 Å². The van der Waals surface area contributed by atoms with Gasteiger partial charge in [-0.05, 0) is 25.2 Å². The average molecular weight is 426 g/mol. The zero-order valence-electron chi connectivity index (χ0n) is 15.1. The van der Waals surface area contributed by atoms with Crippen molar-refractivity contribution in [3.63, 3.8) is 0 Å². The lowest BCUT2D eigenvalue weighted by molar-refractivity contribution is 0.0674. The van der Waals surface area contributed by atoms with E-state index in [9.17, 15) is 13.2 Å². The molecular formula is C18H20ClN3O3S2. The third kappa shape index (κ3) is 4.80. The monoisotopic (exact) mass is 425 g/mol. The minimum absolute atomic E-state index is 0.0390. The summed E-state index contributed by atoms with van der Waals surface area (Å²) in [7, 11) is -3.14. The van der Waals surface area contributed by atoms with Crippen LogP contribution in [-0.2, 0) is 16.4 Å². The quantitative estimate of drug-likeness (QED) is 0.541. The molecule has 0 unspecified atom stereocenters. The standard InChI is InChI=1S/C18H20ClN3O3S2/c1-12-3-5-13(6-4-12)10-22(14-7-8-27(24,25)11-14)17(23)16-15(19)9-20-18(21-16)26-2/h3-6,9,14H,7-8,10-11H2,1-2H3/t14-/m1/s1. The predicted molar refractivity (Wildman–Crippen MR) is 107 cm³/mol. The highest BCUT2D eigenvalue weighted by atomic mass is 35.5. The minimum Gasteiger partial charge on any atom is -0.329 e. The Bertz CT molecular complexity index is 949. The summed E-state index contributed by atoms with van der Waals surface area (Å²) in [6.07, 6.45) is 3.63. The van der Waals surface area contributed by atoms with E-state index < -0.39 is 15.9 Å². The molecule has 0 saturated carbocycles. The Labute approximate surface area is 168 Å². The molecule has 1 aliphatic rings. The van der Waals surface area contributed by atoms with Crippen molar-refractivity contribution in [3.05, 3.63) is 52.3 Å². The van der Waals surface area contributed by atoms with Crippen LogP contribution in [-0.4, -0.2) is 53.0 Å². The molecule has 3 rings (SSSR count). The maximum absolute atomic E-state index is 13.3. The lowest BCUT2D eigenvalue weighted by Gasteiger charge is -2.28. The number of aromatic nitrogens is 2. The van der Waals surface area contributed by atoms with Crippen LogP contribution in [0.5, 0.6) is 0 Å². The molecule has 1 fully saturated rings. The van der Waals surface area contributed by atoms with Gasteiger partial charge in [-0.3, -0.25) is 4.79 Å². The van der Waals surface area contributed by atoms with Crippen molar-refractivity contribution in [2.24, 2.45) is 0 Å². The minimum atomic E-state index is -3.14. The highest BCUT2D eigenvalue weighted by Gasteiger charge is 2.36. The van der Waals surface area contributed by atoms with Crippen LogP contribution in [0.3, 0.4) is 0 Å². The van der Waals surface area contributed by atoms with Gasteiger partial charge in [0.05, 0.1) is 22.7 Å². The summed E-state index contributed by atoms with van der Waals surface area (Å²) in [6, 6.07) is 7.41. The van der Waals surface area contributed by atoms with Crippen LogP contribution in [0, 0.1) is 6.92 Å². The van der Waals surface area contributed by atoms with E-state index in [1.54, 1.807) is 4.90 Å². The van der Waals surface area contributed by atoms with E-state index in [1.807, 2.05) is 37.4 Å². The molecule has 144 valence electrons. The number of nitrogens with zero attached hydrogens (tertiary/aromatic N) is 3. The Morgan fingerprint density at radius 1 is 1.33 bits per heavy atom.